The monoisotopic (exact) mass is 222 g/mol. The second-order valence-electron chi connectivity index (χ2n) is 3.52. The van der Waals surface area contributed by atoms with Gasteiger partial charge in [0.1, 0.15) is 0 Å². The molecule has 0 saturated heterocycles. The SMILES string of the molecule is CC(C)c1ccn(-c2ccnc(Cl)n2)n1. The summed E-state index contributed by atoms with van der Waals surface area (Å²) < 4.78 is 1.70. The van der Waals surface area contributed by atoms with E-state index >= 15 is 0 Å². The first kappa shape index (κ1) is 10.1. The first-order valence-corrected chi connectivity index (χ1v) is 5.09. The van der Waals surface area contributed by atoms with Crippen LogP contribution < -0.4 is 0 Å². The summed E-state index contributed by atoms with van der Waals surface area (Å²) in [5, 5.41) is 4.62. The molecule has 0 saturated carbocycles. The van der Waals surface area contributed by atoms with Gasteiger partial charge in [-0.3, -0.25) is 0 Å². The van der Waals surface area contributed by atoms with Gasteiger partial charge in [-0.25, -0.2) is 9.67 Å². The molecule has 0 aromatic carbocycles. The minimum absolute atomic E-state index is 0.231. The molecule has 0 unspecified atom stereocenters. The maximum absolute atomic E-state index is 5.70. The predicted octanol–water partition coefficient (Wildman–Crippen LogP) is 2.44. The van der Waals surface area contributed by atoms with Gasteiger partial charge in [0.15, 0.2) is 5.82 Å². The van der Waals surface area contributed by atoms with Crippen LogP contribution in [0.1, 0.15) is 25.5 Å². The van der Waals surface area contributed by atoms with Gasteiger partial charge in [0.2, 0.25) is 5.28 Å². The quantitative estimate of drug-likeness (QED) is 0.733. The average molecular weight is 223 g/mol. The van der Waals surface area contributed by atoms with Crippen molar-refractivity contribution in [1.82, 2.24) is 19.7 Å². The molecule has 0 radical (unpaired) electrons. The van der Waals surface area contributed by atoms with Crippen molar-refractivity contribution < 1.29 is 0 Å². The number of rotatable bonds is 2. The van der Waals surface area contributed by atoms with Crippen LogP contribution in [0.3, 0.4) is 0 Å². The van der Waals surface area contributed by atoms with Crippen LogP contribution >= 0.6 is 11.6 Å². The van der Waals surface area contributed by atoms with Crippen LogP contribution in [-0.2, 0) is 0 Å². The van der Waals surface area contributed by atoms with E-state index in [9.17, 15) is 0 Å². The van der Waals surface area contributed by atoms with Crippen molar-refractivity contribution in [3.8, 4) is 5.82 Å². The second kappa shape index (κ2) is 3.98. The fraction of sp³-hybridized carbons (Fsp3) is 0.300. The molecule has 0 N–H and O–H groups in total. The van der Waals surface area contributed by atoms with Crippen molar-refractivity contribution in [1.29, 1.82) is 0 Å². The lowest BCUT2D eigenvalue weighted by molar-refractivity contribution is 0.756. The van der Waals surface area contributed by atoms with E-state index in [1.54, 1.807) is 16.9 Å². The van der Waals surface area contributed by atoms with E-state index in [4.69, 9.17) is 11.6 Å². The largest absolute Gasteiger partial charge is 0.226 e. The molecule has 0 atom stereocenters. The Balaban J connectivity index is 2.37. The third-order valence-electron chi connectivity index (χ3n) is 2.05. The first-order valence-electron chi connectivity index (χ1n) is 4.71. The van der Waals surface area contributed by atoms with E-state index in [0.717, 1.165) is 5.69 Å². The zero-order chi connectivity index (χ0) is 10.8. The minimum Gasteiger partial charge on any atom is -0.226 e. The van der Waals surface area contributed by atoms with Gasteiger partial charge in [0.25, 0.3) is 0 Å². The van der Waals surface area contributed by atoms with Crippen molar-refractivity contribution >= 4 is 11.6 Å². The van der Waals surface area contributed by atoms with Crippen LogP contribution in [0.4, 0.5) is 0 Å². The van der Waals surface area contributed by atoms with Gasteiger partial charge >= 0.3 is 0 Å². The van der Waals surface area contributed by atoms with E-state index in [-0.39, 0.29) is 5.28 Å². The molecule has 15 heavy (non-hydrogen) atoms. The summed E-state index contributed by atoms with van der Waals surface area (Å²) in [7, 11) is 0. The summed E-state index contributed by atoms with van der Waals surface area (Å²) in [6, 6.07) is 3.74. The number of nitrogens with zero attached hydrogens (tertiary/aromatic N) is 4. The zero-order valence-electron chi connectivity index (χ0n) is 8.55. The summed E-state index contributed by atoms with van der Waals surface area (Å²) in [5.74, 6) is 1.09. The van der Waals surface area contributed by atoms with Crippen LogP contribution in [0.2, 0.25) is 5.28 Å². The summed E-state index contributed by atoms with van der Waals surface area (Å²) in [4.78, 5) is 7.89. The van der Waals surface area contributed by atoms with E-state index in [1.165, 1.54) is 0 Å². The number of hydrogen-bond donors (Lipinski definition) is 0. The Morgan fingerprint density at radius 3 is 2.73 bits per heavy atom. The van der Waals surface area contributed by atoms with Gasteiger partial charge in [0, 0.05) is 18.5 Å². The molecule has 0 bridgehead atoms. The number of aromatic nitrogens is 4. The van der Waals surface area contributed by atoms with Crippen LogP contribution in [-0.4, -0.2) is 19.7 Å². The molecule has 4 nitrogen and oxygen atoms in total. The fourth-order valence-corrected chi connectivity index (χ4v) is 1.37. The molecule has 0 aliphatic heterocycles. The van der Waals surface area contributed by atoms with Gasteiger partial charge in [-0.15, -0.1) is 0 Å². The lowest BCUT2D eigenvalue weighted by Gasteiger charge is -2.00. The molecule has 0 amide bonds. The molecule has 2 heterocycles. The van der Waals surface area contributed by atoms with Crippen LogP contribution in [0.25, 0.3) is 5.82 Å². The highest BCUT2D eigenvalue weighted by atomic mass is 35.5. The molecule has 0 fully saturated rings. The van der Waals surface area contributed by atoms with Crippen molar-refractivity contribution in [3.05, 3.63) is 35.5 Å². The minimum atomic E-state index is 0.231. The summed E-state index contributed by atoms with van der Waals surface area (Å²) in [6.45, 7) is 4.19. The lowest BCUT2D eigenvalue weighted by atomic mass is 10.1. The van der Waals surface area contributed by atoms with E-state index in [0.29, 0.717) is 11.7 Å². The molecule has 2 aromatic rings. The van der Waals surface area contributed by atoms with E-state index in [1.807, 2.05) is 12.3 Å². The number of hydrogen-bond acceptors (Lipinski definition) is 3. The second-order valence-corrected chi connectivity index (χ2v) is 3.86. The molecular formula is C10H11ClN4. The Hall–Kier alpha value is -1.42. The highest BCUT2D eigenvalue weighted by Gasteiger charge is 2.05. The third-order valence-corrected chi connectivity index (χ3v) is 2.23. The fourth-order valence-electron chi connectivity index (χ4n) is 1.23. The van der Waals surface area contributed by atoms with Gasteiger partial charge < -0.3 is 0 Å². The molecule has 2 rings (SSSR count). The van der Waals surface area contributed by atoms with Crippen molar-refractivity contribution in [2.24, 2.45) is 0 Å². The highest BCUT2D eigenvalue weighted by molar-refractivity contribution is 6.28. The van der Waals surface area contributed by atoms with Gasteiger partial charge in [-0.2, -0.15) is 10.1 Å². The Morgan fingerprint density at radius 2 is 2.13 bits per heavy atom. The summed E-state index contributed by atoms with van der Waals surface area (Å²) in [6.07, 6.45) is 3.48. The average Bonchev–Trinajstić information content (AvgIpc) is 2.66. The lowest BCUT2D eigenvalue weighted by Crippen LogP contribution is -2.00. The molecule has 2 aromatic heterocycles. The van der Waals surface area contributed by atoms with Crippen molar-refractivity contribution in [2.45, 2.75) is 19.8 Å². The Kier molecular flexibility index (Phi) is 2.68. The molecule has 0 aliphatic carbocycles. The van der Waals surface area contributed by atoms with Crippen LogP contribution in [0.5, 0.6) is 0 Å². The standard InChI is InChI=1S/C10H11ClN4/c1-7(2)8-4-6-15(14-8)9-3-5-12-10(11)13-9/h3-7H,1-2H3. The summed E-state index contributed by atoms with van der Waals surface area (Å²) >= 11 is 5.70. The molecule has 5 heteroatoms. The van der Waals surface area contributed by atoms with Crippen LogP contribution in [0.15, 0.2) is 24.5 Å². The smallest absolute Gasteiger partial charge is 0.224 e. The molecule has 0 aliphatic rings. The predicted molar refractivity (Wildman–Crippen MR) is 58.3 cm³/mol. The van der Waals surface area contributed by atoms with Gasteiger partial charge in [-0.05, 0) is 23.6 Å². The molecule has 78 valence electrons. The first-order chi connectivity index (χ1) is 7.16. The maximum atomic E-state index is 5.70. The third kappa shape index (κ3) is 2.15. The Bertz CT molecular complexity index is 464. The highest BCUT2D eigenvalue weighted by Crippen LogP contribution is 2.13. The normalized spacial score (nSPS) is 10.9. The summed E-state index contributed by atoms with van der Waals surface area (Å²) in [5.41, 5.74) is 1.03. The van der Waals surface area contributed by atoms with Crippen molar-refractivity contribution in [3.63, 3.8) is 0 Å². The molecular weight excluding hydrogens is 212 g/mol. The number of halogens is 1. The Labute approximate surface area is 92.9 Å². The van der Waals surface area contributed by atoms with E-state index in [2.05, 4.69) is 28.9 Å². The van der Waals surface area contributed by atoms with Gasteiger partial charge in [-0.1, -0.05) is 13.8 Å². The van der Waals surface area contributed by atoms with E-state index < -0.39 is 0 Å². The Morgan fingerprint density at radius 1 is 1.33 bits per heavy atom. The molecule has 0 spiro atoms. The topological polar surface area (TPSA) is 43.6 Å². The maximum Gasteiger partial charge on any atom is 0.224 e. The van der Waals surface area contributed by atoms with Crippen LogP contribution in [0, 0.1) is 0 Å². The van der Waals surface area contributed by atoms with Crippen molar-refractivity contribution in [2.75, 3.05) is 0 Å². The van der Waals surface area contributed by atoms with Gasteiger partial charge in [0.05, 0.1) is 5.69 Å². The zero-order valence-corrected chi connectivity index (χ0v) is 9.31.